The zero-order valence-corrected chi connectivity index (χ0v) is 16.3. The lowest BCUT2D eigenvalue weighted by Crippen LogP contribution is -2.31. The Hall–Kier alpha value is -2.01. The van der Waals surface area contributed by atoms with Crippen LogP contribution in [-0.2, 0) is 13.2 Å². The van der Waals surface area contributed by atoms with Gasteiger partial charge in [0.2, 0.25) is 5.92 Å². The van der Waals surface area contributed by atoms with Gasteiger partial charge in [0.05, 0.1) is 0 Å². The first-order chi connectivity index (χ1) is 13.4. The number of nitrogens with one attached hydrogen (secondary N) is 1. The number of ether oxygens (including phenoxy) is 1. The average Bonchev–Trinajstić information content (AvgIpc) is 2.68. The van der Waals surface area contributed by atoms with E-state index in [2.05, 4.69) is 12.2 Å². The molecule has 0 heterocycles. The van der Waals surface area contributed by atoms with E-state index in [1.54, 1.807) is 18.2 Å². The van der Waals surface area contributed by atoms with Crippen molar-refractivity contribution in [3.63, 3.8) is 0 Å². The standard InChI is InChI=1S/C23H28F3NO/c1-17(14-18-10-12-23(25,26)13-11-18)27-15-19-6-3-5-9-22(19)28-16-20-7-2-4-8-21(20)24/h2-9,17-18,27H,10-16H2,1H3. The molecule has 1 atom stereocenters. The highest BCUT2D eigenvalue weighted by molar-refractivity contribution is 5.33. The summed E-state index contributed by atoms with van der Waals surface area (Å²) in [6, 6.07) is 14.5. The number of alkyl halides is 2. The second-order valence-corrected chi connectivity index (χ2v) is 7.80. The molecule has 1 N–H and O–H groups in total. The third-order valence-electron chi connectivity index (χ3n) is 5.48. The molecule has 1 aliphatic carbocycles. The summed E-state index contributed by atoms with van der Waals surface area (Å²) >= 11 is 0. The fourth-order valence-electron chi connectivity index (χ4n) is 3.76. The van der Waals surface area contributed by atoms with Crippen molar-refractivity contribution < 1.29 is 17.9 Å². The van der Waals surface area contributed by atoms with Crippen LogP contribution in [0.4, 0.5) is 13.2 Å². The Morgan fingerprint density at radius 2 is 1.68 bits per heavy atom. The first-order valence-corrected chi connectivity index (χ1v) is 9.98. The predicted octanol–water partition coefficient (Wildman–Crippen LogP) is 6.10. The van der Waals surface area contributed by atoms with Crippen LogP contribution in [0.1, 0.15) is 50.2 Å². The van der Waals surface area contributed by atoms with Crippen molar-refractivity contribution in [3.05, 3.63) is 65.5 Å². The maximum absolute atomic E-state index is 13.8. The van der Waals surface area contributed by atoms with Crippen molar-refractivity contribution in [3.8, 4) is 5.75 Å². The Kier molecular flexibility index (Phi) is 7.00. The van der Waals surface area contributed by atoms with E-state index in [1.165, 1.54) is 6.07 Å². The van der Waals surface area contributed by atoms with Gasteiger partial charge in [-0.2, -0.15) is 0 Å². The molecule has 0 bridgehead atoms. The topological polar surface area (TPSA) is 21.3 Å². The molecular weight excluding hydrogens is 363 g/mol. The van der Waals surface area contributed by atoms with Crippen molar-refractivity contribution in [1.29, 1.82) is 0 Å². The Morgan fingerprint density at radius 1 is 1.04 bits per heavy atom. The quantitative estimate of drug-likeness (QED) is 0.587. The van der Waals surface area contributed by atoms with Gasteiger partial charge in [-0.05, 0) is 44.2 Å². The van der Waals surface area contributed by atoms with Crippen LogP contribution >= 0.6 is 0 Å². The lowest BCUT2D eigenvalue weighted by molar-refractivity contribution is -0.0472. The van der Waals surface area contributed by atoms with Gasteiger partial charge in [-0.3, -0.25) is 0 Å². The van der Waals surface area contributed by atoms with Gasteiger partial charge in [0.25, 0.3) is 0 Å². The summed E-state index contributed by atoms with van der Waals surface area (Å²) in [6.07, 6.45) is 2.12. The largest absolute Gasteiger partial charge is 0.488 e. The molecule has 0 amide bonds. The molecule has 2 nitrogen and oxygen atoms in total. The number of para-hydroxylation sites is 1. The minimum atomic E-state index is -2.47. The van der Waals surface area contributed by atoms with Crippen LogP contribution in [-0.4, -0.2) is 12.0 Å². The molecule has 2 aromatic carbocycles. The van der Waals surface area contributed by atoms with E-state index in [0.29, 0.717) is 30.9 Å². The average molecular weight is 391 g/mol. The van der Waals surface area contributed by atoms with Gasteiger partial charge < -0.3 is 10.1 Å². The molecule has 0 aliphatic heterocycles. The highest BCUT2D eigenvalue weighted by atomic mass is 19.3. The second kappa shape index (κ2) is 9.46. The molecule has 1 saturated carbocycles. The summed E-state index contributed by atoms with van der Waals surface area (Å²) < 4.78 is 46.2. The molecule has 0 spiro atoms. The molecule has 1 fully saturated rings. The van der Waals surface area contributed by atoms with Gasteiger partial charge in [-0.25, -0.2) is 13.2 Å². The monoisotopic (exact) mass is 391 g/mol. The third kappa shape index (κ3) is 5.99. The van der Waals surface area contributed by atoms with Crippen LogP contribution in [0, 0.1) is 11.7 Å². The van der Waals surface area contributed by atoms with E-state index in [0.717, 1.165) is 17.7 Å². The van der Waals surface area contributed by atoms with Crippen molar-refractivity contribution in [2.45, 2.75) is 64.1 Å². The normalized spacial score (nSPS) is 18.0. The molecule has 152 valence electrons. The lowest BCUT2D eigenvalue weighted by Gasteiger charge is -2.30. The number of hydrogen-bond acceptors (Lipinski definition) is 2. The van der Waals surface area contributed by atoms with Crippen LogP contribution in [0.25, 0.3) is 0 Å². The van der Waals surface area contributed by atoms with Crippen molar-refractivity contribution in [2.75, 3.05) is 0 Å². The van der Waals surface area contributed by atoms with Gasteiger partial charge in [0.1, 0.15) is 18.2 Å². The molecule has 0 aromatic heterocycles. The fraction of sp³-hybridized carbons (Fsp3) is 0.478. The van der Waals surface area contributed by atoms with Gasteiger partial charge in [0, 0.05) is 36.6 Å². The summed E-state index contributed by atoms with van der Waals surface area (Å²) in [4.78, 5) is 0. The number of benzene rings is 2. The second-order valence-electron chi connectivity index (χ2n) is 7.80. The molecule has 1 unspecified atom stereocenters. The van der Waals surface area contributed by atoms with Crippen LogP contribution in [0.5, 0.6) is 5.75 Å². The maximum Gasteiger partial charge on any atom is 0.248 e. The Labute approximate surface area is 165 Å². The third-order valence-corrected chi connectivity index (χ3v) is 5.48. The van der Waals surface area contributed by atoms with Crippen LogP contribution in [0.2, 0.25) is 0 Å². The minimum absolute atomic E-state index is 0.0110. The fourth-order valence-corrected chi connectivity index (χ4v) is 3.76. The van der Waals surface area contributed by atoms with Gasteiger partial charge in [-0.15, -0.1) is 0 Å². The lowest BCUT2D eigenvalue weighted by atomic mass is 9.83. The summed E-state index contributed by atoms with van der Waals surface area (Å²) in [5.41, 5.74) is 1.52. The van der Waals surface area contributed by atoms with Crippen molar-refractivity contribution in [1.82, 2.24) is 5.32 Å². The van der Waals surface area contributed by atoms with E-state index in [9.17, 15) is 13.2 Å². The number of hydrogen-bond donors (Lipinski definition) is 1. The summed E-state index contributed by atoms with van der Waals surface area (Å²) in [5.74, 6) is -1.66. The van der Waals surface area contributed by atoms with Crippen LogP contribution in [0.3, 0.4) is 0 Å². The van der Waals surface area contributed by atoms with Gasteiger partial charge in [0.15, 0.2) is 0 Å². The molecule has 28 heavy (non-hydrogen) atoms. The molecule has 0 radical (unpaired) electrons. The van der Waals surface area contributed by atoms with Crippen LogP contribution in [0.15, 0.2) is 48.5 Å². The van der Waals surface area contributed by atoms with Gasteiger partial charge in [-0.1, -0.05) is 36.4 Å². The first-order valence-electron chi connectivity index (χ1n) is 9.98. The van der Waals surface area contributed by atoms with E-state index < -0.39 is 5.92 Å². The van der Waals surface area contributed by atoms with E-state index in [1.807, 2.05) is 24.3 Å². The SMILES string of the molecule is CC(CC1CCC(F)(F)CC1)NCc1ccccc1OCc1ccccc1F. The van der Waals surface area contributed by atoms with E-state index in [-0.39, 0.29) is 31.3 Å². The van der Waals surface area contributed by atoms with Crippen LogP contribution < -0.4 is 10.1 Å². The smallest absolute Gasteiger partial charge is 0.248 e. The summed E-state index contributed by atoms with van der Waals surface area (Å²) in [7, 11) is 0. The summed E-state index contributed by atoms with van der Waals surface area (Å²) in [5, 5.41) is 3.48. The Balaban J connectivity index is 1.50. The first kappa shape index (κ1) is 20.7. The highest BCUT2D eigenvalue weighted by Crippen LogP contribution is 2.37. The Bertz CT molecular complexity index is 755. The zero-order chi connectivity index (χ0) is 20.0. The summed E-state index contributed by atoms with van der Waals surface area (Å²) in [6.45, 7) is 2.89. The Morgan fingerprint density at radius 3 is 2.39 bits per heavy atom. The molecule has 0 saturated heterocycles. The van der Waals surface area contributed by atoms with E-state index in [4.69, 9.17) is 4.74 Å². The molecule has 2 aromatic rings. The molecule has 5 heteroatoms. The van der Waals surface area contributed by atoms with Gasteiger partial charge >= 0.3 is 0 Å². The minimum Gasteiger partial charge on any atom is -0.488 e. The molecule has 1 aliphatic rings. The predicted molar refractivity (Wildman–Crippen MR) is 105 cm³/mol. The molecule has 3 rings (SSSR count). The zero-order valence-electron chi connectivity index (χ0n) is 16.3. The van der Waals surface area contributed by atoms with Crippen molar-refractivity contribution in [2.24, 2.45) is 5.92 Å². The molecular formula is C23H28F3NO. The number of halogens is 3. The number of rotatable bonds is 8. The van der Waals surface area contributed by atoms with E-state index >= 15 is 0 Å². The maximum atomic E-state index is 13.8. The highest BCUT2D eigenvalue weighted by Gasteiger charge is 2.35. The van der Waals surface area contributed by atoms with Crippen molar-refractivity contribution >= 4 is 0 Å².